The van der Waals surface area contributed by atoms with Crippen LogP contribution >= 0.6 is 11.6 Å². The lowest BCUT2D eigenvalue weighted by atomic mass is 10.0. The average molecular weight is 478 g/mol. The van der Waals surface area contributed by atoms with Gasteiger partial charge in [0, 0.05) is 32.6 Å². The number of piperazine rings is 1. The van der Waals surface area contributed by atoms with E-state index in [-0.39, 0.29) is 53.8 Å². The molecule has 1 heterocycles. The average Bonchev–Trinajstić information content (AvgIpc) is 2.77. The Hall–Kier alpha value is -2.42. The molecule has 0 saturated carbocycles. The highest BCUT2D eigenvalue weighted by atomic mass is 35.5. The minimum absolute atomic E-state index is 0.0598. The van der Waals surface area contributed by atoms with Crippen molar-refractivity contribution in [3.63, 3.8) is 0 Å². The van der Waals surface area contributed by atoms with Gasteiger partial charge in [0.25, 0.3) is 0 Å². The Labute approximate surface area is 194 Å². The number of rotatable bonds is 7. The molecule has 1 N–H and O–H groups in total. The summed E-state index contributed by atoms with van der Waals surface area (Å²) in [4.78, 5) is 27.4. The quantitative estimate of drug-likeness (QED) is 0.664. The molecule has 172 valence electrons. The summed E-state index contributed by atoms with van der Waals surface area (Å²) in [7, 11) is -3.75. The van der Waals surface area contributed by atoms with Crippen molar-refractivity contribution in [3.8, 4) is 0 Å². The monoisotopic (exact) mass is 477 g/mol. The predicted octanol–water partition coefficient (Wildman–Crippen LogP) is 3.08. The second-order valence-electron chi connectivity index (χ2n) is 8.17. The van der Waals surface area contributed by atoms with E-state index >= 15 is 0 Å². The molecule has 1 aliphatic rings. The topological polar surface area (TPSA) is 86.8 Å². The summed E-state index contributed by atoms with van der Waals surface area (Å²) >= 11 is 6.09. The van der Waals surface area contributed by atoms with Gasteiger partial charge in [-0.3, -0.25) is 9.59 Å². The number of sulfonamides is 1. The second kappa shape index (κ2) is 10.5. The van der Waals surface area contributed by atoms with Crippen LogP contribution in [0.15, 0.2) is 59.5 Å². The van der Waals surface area contributed by atoms with Crippen molar-refractivity contribution in [2.75, 3.05) is 26.2 Å². The smallest absolute Gasteiger partial charge is 0.249 e. The maximum absolute atomic E-state index is 13.3. The molecule has 2 amide bonds. The highest BCUT2D eigenvalue weighted by Crippen LogP contribution is 2.26. The Morgan fingerprint density at radius 3 is 2.16 bits per heavy atom. The van der Waals surface area contributed by atoms with Crippen LogP contribution in [0, 0.1) is 5.92 Å². The van der Waals surface area contributed by atoms with Crippen molar-refractivity contribution in [1.29, 1.82) is 0 Å². The van der Waals surface area contributed by atoms with Gasteiger partial charge in [-0.25, -0.2) is 8.42 Å². The van der Waals surface area contributed by atoms with Gasteiger partial charge < -0.3 is 10.2 Å². The van der Waals surface area contributed by atoms with E-state index in [9.17, 15) is 18.0 Å². The number of nitrogens with zero attached hydrogens (tertiary/aromatic N) is 2. The molecule has 0 bridgehead atoms. The van der Waals surface area contributed by atoms with Gasteiger partial charge >= 0.3 is 0 Å². The lowest BCUT2D eigenvalue weighted by Gasteiger charge is -2.36. The van der Waals surface area contributed by atoms with E-state index < -0.39 is 16.1 Å². The molecule has 32 heavy (non-hydrogen) atoms. The molecule has 1 aliphatic heterocycles. The maximum atomic E-state index is 13.3. The summed E-state index contributed by atoms with van der Waals surface area (Å²) < 4.78 is 27.3. The summed E-state index contributed by atoms with van der Waals surface area (Å²) in [5.74, 6) is -0.273. The van der Waals surface area contributed by atoms with Gasteiger partial charge in [0.1, 0.15) is 10.9 Å². The number of hydrogen-bond donors (Lipinski definition) is 1. The van der Waals surface area contributed by atoms with Crippen molar-refractivity contribution in [3.05, 3.63) is 65.2 Å². The lowest BCUT2D eigenvalue weighted by molar-refractivity contribution is -0.137. The number of amides is 2. The van der Waals surface area contributed by atoms with Crippen molar-refractivity contribution < 1.29 is 18.0 Å². The summed E-state index contributed by atoms with van der Waals surface area (Å²) in [6.45, 7) is 4.65. The second-order valence-corrected chi connectivity index (χ2v) is 10.5. The lowest BCUT2D eigenvalue weighted by Crippen LogP contribution is -2.53. The molecule has 0 spiro atoms. The third-order valence-electron chi connectivity index (χ3n) is 5.28. The van der Waals surface area contributed by atoms with Crippen LogP contribution in [-0.4, -0.2) is 55.6 Å². The van der Waals surface area contributed by atoms with Gasteiger partial charge in [-0.05, 0) is 23.6 Å². The SMILES string of the molecule is CC(C)CC(=O)NC(C(=O)N1CCN(S(=O)(=O)c2ccccc2Cl)CC1)c1ccccc1. The van der Waals surface area contributed by atoms with Crippen LogP contribution in [0.1, 0.15) is 31.9 Å². The van der Waals surface area contributed by atoms with Crippen molar-refractivity contribution in [2.24, 2.45) is 5.92 Å². The van der Waals surface area contributed by atoms with Gasteiger partial charge in [0.2, 0.25) is 21.8 Å². The Morgan fingerprint density at radius 1 is 0.969 bits per heavy atom. The van der Waals surface area contributed by atoms with Gasteiger partial charge in [-0.2, -0.15) is 4.31 Å². The Morgan fingerprint density at radius 2 is 1.56 bits per heavy atom. The zero-order chi connectivity index (χ0) is 23.3. The maximum Gasteiger partial charge on any atom is 0.249 e. The van der Waals surface area contributed by atoms with Crippen molar-refractivity contribution in [1.82, 2.24) is 14.5 Å². The van der Waals surface area contributed by atoms with E-state index in [4.69, 9.17) is 11.6 Å². The highest BCUT2D eigenvalue weighted by molar-refractivity contribution is 7.89. The van der Waals surface area contributed by atoms with E-state index in [0.717, 1.165) is 0 Å². The molecule has 3 rings (SSSR count). The van der Waals surface area contributed by atoms with Crippen molar-refractivity contribution in [2.45, 2.75) is 31.2 Å². The first-order chi connectivity index (χ1) is 15.2. The number of carbonyl (C=O) groups is 2. The molecule has 0 aromatic heterocycles. The summed E-state index contributed by atoms with van der Waals surface area (Å²) in [5, 5.41) is 3.03. The van der Waals surface area contributed by atoms with Gasteiger partial charge in [0.05, 0.1) is 5.02 Å². The largest absolute Gasteiger partial charge is 0.341 e. The molecule has 1 fully saturated rings. The molecule has 1 unspecified atom stereocenters. The van der Waals surface area contributed by atoms with E-state index in [1.54, 1.807) is 35.2 Å². The van der Waals surface area contributed by atoms with Gasteiger partial charge in [-0.1, -0.05) is 67.9 Å². The predicted molar refractivity (Wildman–Crippen MR) is 124 cm³/mol. The summed E-state index contributed by atoms with van der Waals surface area (Å²) in [5.41, 5.74) is 0.695. The minimum Gasteiger partial charge on any atom is -0.341 e. The number of benzene rings is 2. The third kappa shape index (κ3) is 5.68. The number of carbonyl (C=O) groups excluding carboxylic acids is 2. The first-order valence-corrected chi connectivity index (χ1v) is 12.4. The third-order valence-corrected chi connectivity index (χ3v) is 7.68. The molecule has 9 heteroatoms. The first kappa shape index (κ1) is 24.2. The van der Waals surface area contributed by atoms with Crippen LogP contribution in [0.5, 0.6) is 0 Å². The minimum atomic E-state index is -3.75. The zero-order valence-corrected chi connectivity index (χ0v) is 19.8. The van der Waals surface area contributed by atoms with E-state index in [2.05, 4.69) is 5.32 Å². The van der Waals surface area contributed by atoms with E-state index in [1.807, 2.05) is 32.0 Å². The molecule has 7 nitrogen and oxygen atoms in total. The Balaban J connectivity index is 1.73. The van der Waals surface area contributed by atoms with E-state index in [0.29, 0.717) is 12.0 Å². The van der Waals surface area contributed by atoms with Crippen LogP contribution in [0.4, 0.5) is 0 Å². The molecule has 2 aromatic rings. The molecular formula is C23H28ClN3O4S. The molecular weight excluding hydrogens is 450 g/mol. The standard InChI is InChI=1S/C23H28ClN3O4S/c1-17(2)16-21(28)25-22(18-8-4-3-5-9-18)23(29)26-12-14-27(15-13-26)32(30,31)20-11-7-6-10-19(20)24/h3-11,17,22H,12-16H2,1-2H3,(H,25,28). The Bertz CT molecular complexity index is 1050. The van der Waals surface area contributed by atoms with Crippen LogP contribution in [0.2, 0.25) is 5.02 Å². The van der Waals surface area contributed by atoms with Gasteiger partial charge in [0.15, 0.2) is 0 Å². The number of nitrogens with one attached hydrogen (secondary N) is 1. The molecule has 0 radical (unpaired) electrons. The normalized spacial score (nSPS) is 16.1. The summed E-state index contributed by atoms with van der Waals surface area (Å²) in [6.07, 6.45) is 0.320. The number of halogens is 1. The highest BCUT2D eigenvalue weighted by Gasteiger charge is 2.34. The molecule has 1 atom stereocenters. The van der Waals surface area contributed by atoms with Crippen LogP contribution in [0.3, 0.4) is 0 Å². The van der Waals surface area contributed by atoms with Crippen LogP contribution < -0.4 is 5.32 Å². The molecule has 0 aliphatic carbocycles. The van der Waals surface area contributed by atoms with Gasteiger partial charge in [-0.15, -0.1) is 0 Å². The first-order valence-electron chi connectivity index (χ1n) is 10.6. The molecule has 2 aromatic carbocycles. The fourth-order valence-electron chi connectivity index (χ4n) is 3.65. The van der Waals surface area contributed by atoms with Crippen molar-refractivity contribution >= 4 is 33.4 Å². The summed E-state index contributed by atoms with van der Waals surface area (Å²) in [6, 6.07) is 14.6. The Kier molecular flexibility index (Phi) is 7.92. The zero-order valence-electron chi connectivity index (χ0n) is 18.2. The van der Waals surface area contributed by atoms with Crippen LogP contribution in [0.25, 0.3) is 0 Å². The van der Waals surface area contributed by atoms with E-state index in [1.165, 1.54) is 10.4 Å². The fraction of sp³-hybridized carbons (Fsp3) is 0.391. The molecule has 1 saturated heterocycles. The fourth-order valence-corrected chi connectivity index (χ4v) is 5.56. The number of hydrogen-bond acceptors (Lipinski definition) is 4. The van der Waals surface area contributed by atoms with Crippen LogP contribution in [-0.2, 0) is 19.6 Å².